The molecule has 0 bridgehead atoms. The van der Waals surface area contributed by atoms with Crippen LogP contribution in [0.15, 0.2) is 42.5 Å². The van der Waals surface area contributed by atoms with Gasteiger partial charge in [0.1, 0.15) is 11.6 Å². The summed E-state index contributed by atoms with van der Waals surface area (Å²) in [5.41, 5.74) is 2.60. The Labute approximate surface area is 141 Å². The molecule has 4 nitrogen and oxygen atoms in total. The van der Waals surface area contributed by atoms with Crippen molar-refractivity contribution in [3.63, 3.8) is 0 Å². The van der Waals surface area contributed by atoms with Gasteiger partial charge in [0.25, 0.3) is 0 Å². The first kappa shape index (κ1) is 16.5. The van der Waals surface area contributed by atoms with Crippen LogP contribution in [-0.4, -0.2) is 32.7 Å². The van der Waals surface area contributed by atoms with Crippen LogP contribution in [0.25, 0.3) is 11.1 Å². The van der Waals surface area contributed by atoms with Gasteiger partial charge in [0.05, 0.1) is 13.0 Å². The molecule has 1 fully saturated rings. The van der Waals surface area contributed by atoms with E-state index in [0.717, 1.165) is 17.7 Å². The van der Waals surface area contributed by atoms with E-state index in [-0.39, 0.29) is 17.6 Å². The first-order chi connectivity index (χ1) is 11.7. The minimum absolute atomic E-state index is 0.0565. The van der Waals surface area contributed by atoms with Crippen LogP contribution >= 0.6 is 0 Å². The molecule has 1 heterocycles. The van der Waals surface area contributed by atoms with E-state index < -0.39 is 0 Å². The molecule has 0 aliphatic carbocycles. The fraction of sp³-hybridized carbons (Fsp3) is 0.316. The van der Waals surface area contributed by atoms with Crippen LogP contribution in [0.1, 0.15) is 5.56 Å². The highest BCUT2D eigenvalue weighted by Crippen LogP contribution is 2.34. The maximum absolute atomic E-state index is 13.7. The van der Waals surface area contributed by atoms with Gasteiger partial charge in [-0.2, -0.15) is 0 Å². The first-order valence-corrected chi connectivity index (χ1v) is 8.09. The molecular formula is C19H21FN2O2. The van der Waals surface area contributed by atoms with Crippen molar-refractivity contribution < 1.29 is 13.9 Å². The maximum Gasteiger partial charge on any atom is 0.224 e. The molecule has 0 saturated carbocycles. The third-order valence-corrected chi connectivity index (χ3v) is 4.30. The van der Waals surface area contributed by atoms with Crippen molar-refractivity contribution in [2.45, 2.75) is 6.42 Å². The van der Waals surface area contributed by atoms with Gasteiger partial charge in [-0.15, -0.1) is 0 Å². The summed E-state index contributed by atoms with van der Waals surface area (Å²) in [4.78, 5) is 12.2. The summed E-state index contributed by atoms with van der Waals surface area (Å²) in [6, 6.07) is 12.3. The lowest BCUT2D eigenvalue weighted by Crippen LogP contribution is -2.32. The summed E-state index contributed by atoms with van der Waals surface area (Å²) in [7, 11) is 1.57. The Morgan fingerprint density at radius 1 is 1.17 bits per heavy atom. The van der Waals surface area contributed by atoms with Crippen molar-refractivity contribution in [3.05, 3.63) is 53.8 Å². The van der Waals surface area contributed by atoms with Gasteiger partial charge in [0.2, 0.25) is 5.91 Å². The standard InChI is InChI=1S/C19H21FN2O2/c1-24-18-7-6-15(20)11-17(18)16-5-3-2-4-13(16)10-14-12-21-8-9-22-19(14)23/h2-7,11,14,21H,8-10,12H2,1H3,(H,22,23)/t14-/m1/s1. The molecule has 0 radical (unpaired) electrons. The predicted octanol–water partition coefficient (Wildman–Crippen LogP) is 2.38. The number of carbonyl (C=O) groups excluding carboxylic acids is 1. The number of halogens is 1. The zero-order valence-electron chi connectivity index (χ0n) is 13.6. The highest BCUT2D eigenvalue weighted by atomic mass is 19.1. The Bertz CT molecular complexity index is 733. The normalized spacial score (nSPS) is 17.9. The molecule has 1 amide bonds. The average Bonchev–Trinajstić information content (AvgIpc) is 2.80. The Balaban J connectivity index is 1.96. The second-order valence-corrected chi connectivity index (χ2v) is 5.90. The number of rotatable bonds is 4. The molecular weight excluding hydrogens is 307 g/mol. The molecule has 0 unspecified atom stereocenters. The van der Waals surface area contributed by atoms with Crippen molar-refractivity contribution >= 4 is 5.91 Å². The molecule has 24 heavy (non-hydrogen) atoms. The van der Waals surface area contributed by atoms with E-state index in [4.69, 9.17) is 4.74 Å². The Hall–Kier alpha value is -2.40. The fourth-order valence-electron chi connectivity index (χ4n) is 3.07. The molecule has 1 saturated heterocycles. The van der Waals surface area contributed by atoms with Crippen LogP contribution in [0, 0.1) is 11.7 Å². The van der Waals surface area contributed by atoms with Gasteiger partial charge in [-0.05, 0) is 35.7 Å². The van der Waals surface area contributed by atoms with E-state index in [9.17, 15) is 9.18 Å². The Kier molecular flexibility index (Phi) is 5.11. The number of benzene rings is 2. The van der Waals surface area contributed by atoms with E-state index in [0.29, 0.717) is 30.8 Å². The molecule has 0 aromatic heterocycles. The molecule has 2 aromatic carbocycles. The molecule has 1 aliphatic rings. The summed E-state index contributed by atoms with van der Waals surface area (Å²) in [6.07, 6.45) is 0.592. The zero-order valence-corrected chi connectivity index (χ0v) is 13.6. The number of carbonyl (C=O) groups is 1. The van der Waals surface area contributed by atoms with E-state index in [1.165, 1.54) is 12.1 Å². The Morgan fingerprint density at radius 3 is 2.83 bits per heavy atom. The van der Waals surface area contributed by atoms with Crippen molar-refractivity contribution in [2.24, 2.45) is 5.92 Å². The van der Waals surface area contributed by atoms with Crippen LogP contribution in [0.5, 0.6) is 5.75 Å². The number of hydrogen-bond donors (Lipinski definition) is 2. The molecule has 2 aromatic rings. The lowest BCUT2D eigenvalue weighted by Gasteiger charge is -2.17. The van der Waals surface area contributed by atoms with Gasteiger partial charge in [-0.1, -0.05) is 24.3 Å². The van der Waals surface area contributed by atoms with Crippen LogP contribution in [0.3, 0.4) is 0 Å². The van der Waals surface area contributed by atoms with Gasteiger partial charge in [-0.25, -0.2) is 4.39 Å². The maximum atomic E-state index is 13.7. The van der Waals surface area contributed by atoms with Crippen molar-refractivity contribution in [3.8, 4) is 16.9 Å². The minimum atomic E-state index is -0.311. The van der Waals surface area contributed by atoms with E-state index >= 15 is 0 Å². The SMILES string of the molecule is COc1ccc(F)cc1-c1ccccc1C[C@@H]1CNCCNC1=O. The third kappa shape index (κ3) is 3.57. The number of ether oxygens (including phenoxy) is 1. The highest BCUT2D eigenvalue weighted by molar-refractivity contribution is 5.80. The number of methoxy groups -OCH3 is 1. The summed E-state index contributed by atoms with van der Waals surface area (Å²) >= 11 is 0. The second kappa shape index (κ2) is 7.45. The van der Waals surface area contributed by atoms with Crippen LogP contribution in [0.4, 0.5) is 4.39 Å². The largest absolute Gasteiger partial charge is 0.496 e. The monoisotopic (exact) mass is 328 g/mol. The van der Waals surface area contributed by atoms with Crippen molar-refractivity contribution in [1.29, 1.82) is 0 Å². The smallest absolute Gasteiger partial charge is 0.224 e. The summed E-state index contributed by atoms with van der Waals surface area (Å²) in [5, 5.41) is 6.19. The molecule has 0 spiro atoms. The molecule has 5 heteroatoms. The topological polar surface area (TPSA) is 50.4 Å². The predicted molar refractivity (Wildman–Crippen MR) is 91.5 cm³/mol. The summed E-state index contributed by atoms with van der Waals surface area (Å²) in [6.45, 7) is 2.07. The lowest BCUT2D eigenvalue weighted by atomic mass is 9.91. The highest BCUT2D eigenvalue weighted by Gasteiger charge is 2.22. The summed E-state index contributed by atoms with van der Waals surface area (Å²) < 4.78 is 19.1. The van der Waals surface area contributed by atoms with E-state index in [1.807, 2.05) is 24.3 Å². The van der Waals surface area contributed by atoms with Gasteiger partial charge in [0.15, 0.2) is 0 Å². The van der Waals surface area contributed by atoms with E-state index in [2.05, 4.69) is 10.6 Å². The minimum Gasteiger partial charge on any atom is -0.496 e. The summed E-state index contributed by atoms with van der Waals surface area (Å²) in [5.74, 6) is 0.219. The van der Waals surface area contributed by atoms with Gasteiger partial charge in [-0.3, -0.25) is 4.79 Å². The van der Waals surface area contributed by atoms with Crippen LogP contribution in [-0.2, 0) is 11.2 Å². The third-order valence-electron chi connectivity index (χ3n) is 4.30. The van der Waals surface area contributed by atoms with Crippen LogP contribution in [0.2, 0.25) is 0 Å². The number of amides is 1. The fourth-order valence-corrected chi connectivity index (χ4v) is 3.07. The van der Waals surface area contributed by atoms with Gasteiger partial charge >= 0.3 is 0 Å². The van der Waals surface area contributed by atoms with Gasteiger partial charge < -0.3 is 15.4 Å². The second-order valence-electron chi connectivity index (χ2n) is 5.90. The quantitative estimate of drug-likeness (QED) is 0.906. The lowest BCUT2D eigenvalue weighted by molar-refractivity contribution is -0.124. The molecule has 3 rings (SSSR count). The molecule has 1 aliphatic heterocycles. The zero-order chi connectivity index (χ0) is 16.9. The molecule has 1 atom stereocenters. The average molecular weight is 328 g/mol. The van der Waals surface area contributed by atoms with Gasteiger partial charge in [0, 0.05) is 25.2 Å². The Morgan fingerprint density at radius 2 is 2.00 bits per heavy atom. The molecule has 2 N–H and O–H groups in total. The van der Waals surface area contributed by atoms with Crippen LogP contribution < -0.4 is 15.4 Å². The molecule has 126 valence electrons. The van der Waals surface area contributed by atoms with Crippen molar-refractivity contribution in [1.82, 2.24) is 10.6 Å². The number of hydrogen-bond acceptors (Lipinski definition) is 3. The van der Waals surface area contributed by atoms with Crippen molar-refractivity contribution in [2.75, 3.05) is 26.7 Å². The van der Waals surface area contributed by atoms with E-state index in [1.54, 1.807) is 13.2 Å². The first-order valence-electron chi connectivity index (χ1n) is 8.09. The number of nitrogens with one attached hydrogen (secondary N) is 2.